The molecular formula is C32H35Cl2N3O8S. The molecule has 1 amide bonds. The number of hydrogen-bond donors (Lipinski definition) is 0. The molecule has 2 fully saturated rings. The summed E-state index contributed by atoms with van der Waals surface area (Å²) in [6.45, 7) is 0.612. The molecule has 46 heavy (non-hydrogen) atoms. The molecule has 0 N–H and O–H groups in total. The van der Waals surface area contributed by atoms with Crippen molar-refractivity contribution in [2.45, 2.75) is 49.1 Å². The van der Waals surface area contributed by atoms with Crippen molar-refractivity contribution >= 4 is 45.1 Å². The number of benzene rings is 2. The molecule has 2 aliphatic rings. The highest BCUT2D eigenvalue weighted by molar-refractivity contribution is 7.89. The van der Waals surface area contributed by atoms with Gasteiger partial charge in [0.1, 0.15) is 22.2 Å². The zero-order valence-electron chi connectivity index (χ0n) is 25.6. The Bertz CT molecular complexity index is 1710. The van der Waals surface area contributed by atoms with Gasteiger partial charge in [0.05, 0.1) is 18.6 Å². The summed E-state index contributed by atoms with van der Waals surface area (Å²) in [4.78, 5) is 27.6. The third-order valence-corrected chi connectivity index (χ3v) is 10.6. The SMILES string of the molecule is COc1ccc([C@H](Cc2c(Cl)c[n+]([O-])cc2Cl)OC(=O)C2CCCN2S(=O)(=O)c2cccc(C(=O)N(C)C)c2)cc1OCC1CC1. The third kappa shape index (κ3) is 7.52. The van der Waals surface area contributed by atoms with Gasteiger partial charge in [0.25, 0.3) is 5.91 Å². The van der Waals surface area contributed by atoms with Crippen LogP contribution in [-0.2, 0) is 26.0 Å². The van der Waals surface area contributed by atoms with Crippen LogP contribution in [0, 0.1) is 11.1 Å². The Kier molecular flexibility index (Phi) is 10.3. The number of esters is 1. The Morgan fingerprint density at radius 3 is 2.43 bits per heavy atom. The summed E-state index contributed by atoms with van der Waals surface area (Å²) in [5.41, 5.74) is 1.12. The van der Waals surface area contributed by atoms with E-state index in [1.54, 1.807) is 32.3 Å². The number of carbonyl (C=O) groups is 2. The molecule has 1 saturated heterocycles. The molecule has 2 heterocycles. The standard InChI is InChI=1S/C32H35Cl2N3O8S/c1-35(2)31(38)22-6-4-7-23(14-22)46(41,42)37-13-5-8-27(37)32(39)45-29(16-24-25(33)17-36(40)18-26(24)34)21-11-12-28(43-3)30(15-21)44-19-20-9-10-20/h4,6-7,11-12,14-15,17-18,20,27,29H,5,8-10,13,16,19H2,1-3H3/t27?,29-/m0/s1. The highest BCUT2D eigenvalue weighted by atomic mass is 35.5. The number of nitrogens with zero attached hydrogens (tertiary/aromatic N) is 3. The van der Waals surface area contributed by atoms with E-state index in [2.05, 4.69) is 0 Å². The van der Waals surface area contributed by atoms with Gasteiger partial charge in [-0.3, -0.25) is 9.59 Å². The van der Waals surface area contributed by atoms with Crippen LogP contribution < -0.4 is 14.2 Å². The van der Waals surface area contributed by atoms with E-state index in [4.69, 9.17) is 37.4 Å². The molecule has 2 aromatic carbocycles. The van der Waals surface area contributed by atoms with Crippen molar-refractivity contribution in [3.05, 3.63) is 86.8 Å². The first kappa shape index (κ1) is 33.8. The minimum atomic E-state index is -4.17. The maximum atomic E-state index is 13.9. The zero-order valence-corrected chi connectivity index (χ0v) is 28.0. The fourth-order valence-electron chi connectivity index (χ4n) is 5.30. The number of halogens is 2. The molecule has 1 aliphatic carbocycles. The summed E-state index contributed by atoms with van der Waals surface area (Å²) >= 11 is 12.8. The third-order valence-electron chi connectivity index (χ3n) is 8.01. The van der Waals surface area contributed by atoms with Gasteiger partial charge in [0.15, 0.2) is 23.9 Å². The molecule has 3 aromatic rings. The van der Waals surface area contributed by atoms with Crippen LogP contribution in [0.25, 0.3) is 0 Å². The largest absolute Gasteiger partial charge is 0.619 e. The summed E-state index contributed by atoms with van der Waals surface area (Å²) in [7, 11) is 0.505. The quantitative estimate of drug-likeness (QED) is 0.150. The minimum Gasteiger partial charge on any atom is -0.619 e. The second-order valence-electron chi connectivity index (χ2n) is 11.6. The van der Waals surface area contributed by atoms with Gasteiger partial charge in [-0.05, 0) is 67.5 Å². The van der Waals surface area contributed by atoms with E-state index in [-0.39, 0.29) is 45.8 Å². The van der Waals surface area contributed by atoms with E-state index in [9.17, 15) is 23.2 Å². The number of pyridine rings is 1. The number of hydrogen-bond acceptors (Lipinski definition) is 8. The summed E-state index contributed by atoms with van der Waals surface area (Å²) < 4.78 is 46.8. The van der Waals surface area contributed by atoms with Crippen molar-refractivity contribution in [1.29, 1.82) is 0 Å². The van der Waals surface area contributed by atoms with E-state index in [1.807, 2.05) is 0 Å². The average molecular weight is 693 g/mol. The lowest BCUT2D eigenvalue weighted by Crippen LogP contribution is -2.42. The van der Waals surface area contributed by atoms with Gasteiger partial charge in [0.2, 0.25) is 10.0 Å². The van der Waals surface area contributed by atoms with Crippen LogP contribution in [0.4, 0.5) is 0 Å². The van der Waals surface area contributed by atoms with Crippen molar-refractivity contribution < 1.29 is 36.9 Å². The first-order valence-corrected chi connectivity index (χ1v) is 17.0. The molecule has 246 valence electrons. The highest BCUT2D eigenvalue weighted by Gasteiger charge is 2.41. The summed E-state index contributed by atoms with van der Waals surface area (Å²) in [6.07, 6.45) is 4.16. The molecule has 14 heteroatoms. The topological polar surface area (TPSA) is 129 Å². The van der Waals surface area contributed by atoms with Gasteiger partial charge < -0.3 is 24.3 Å². The van der Waals surface area contributed by atoms with Crippen molar-refractivity contribution in [2.75, 3.05) is 34.4 Å². The Morgan fingerprint density at radius 2 is 1.78 bits per heavy atom. The first-order valence-electron chi connectivity index (χ1n) is 14.8. The molecule has 5 rings (SSSR count). The van der Waals surface area contributed by atoms with E-state index in [0.29, 0.717) is 46.3 Å². The van der Waals surface area contributed by atoms with Crippen molar-refractivity contribution in [1.82, 2.24) is 9.21 Å². The van der Waals surface area contributed by atoms with Gasteiger partial charge in [-0.25, -0.2) is 8.42 Å². The number of methoxy groups -OCH3 is 1. The summed E-state index contributed by atoms with van der Waals surface area (Å²) in [5, 5.41) is 12.1. The molecule has 11 nitrogen and oxygen atoms in total. The monoisotopic (exact) mass is 691 g/mol. The van der Waals surface area contributed by atoms with E-state index >= 15 is 0 Å². The number of sulfonamides is 1. The maximum Gasteiger partial charge on any atom is 0.325 e. The number of ether oxygens (including phenoxy) is 3. The normalized spacial score (nSPS) is 17.4. The van der Waals surface area contributed by atoms with Crippen LogP contribution in [0.1, 0.15) is 53.3 Å². The molecule has 1 unspecified atom stereocenters. The number of aromatic nitrogens is 1. The maximum absolute atomic E-state index is 13.9. The van der Waals surface area contributed by atoms with E-state index in [1.165, 1.54) is 36.3 Å². The van der Waals surface area contributed by atoms with Crippen molar-refractivity contribution in [2.24, 2.45) is 5.92 Å². The lowest BCUT2D eigenvalue weighted by molar-refractivity contribution is -0.605. The highest BCUT2D eigenvalue weighted by Crippen LogP contribution is 2.38. The molecule has 1 aliphatic heterocycles. The van der Waals surface area contributed by atoms with Crippen molar-refractivity contribution in [3.8, 4) is 11.5 Å². The minimum absolute atomic E-state index is 0.00714. The lowest BCUT2D eigenvalue weighted by atomic mass is 10.0. The summed E-state index contributed by atoms with van der Waals surface area (Å²) in [6, 6.07) is 9.75. The Hall–Kier alpha value is -3.58. The van der Waals surface area contributed by atoms with Crippen LogP contribution in [0.2, 0.25) is 10.0 Å². The predicted octanol–water partition coefficient (Wildman–Crippen LogP) is 4.81. The van der Waals surface area contributed by atoms with Crippen LogP contribution in [0.3, 0.4) is 0 Å². The van der Waals surface area contributed by atoms with Gasteiger partial charge in [-0.15, -0.1) is 0 Å². The fourth-order valence-corrected chi connectivity index (χ4v) is 7.59. The fraction of sp³-hybridized carbons (Fsp3) is 0.406. The number of amides is 1. The van der Waals surface area contributed by atoms with Crippen LogP contribution >= 0.6 is 23.2 Å². The van der Waals surface area contributed by atoms with Crippen LogP contribution in [0.5, 0.6) is 11.5 Å². The van der Waals surface area contributed by atoms with E-state index in [0.717, 1.165) is 29.5 Å². The molecular weight excluding hydrogens is 657 g/mol. The second kappa shape index (κ2) is 14.0. The van der Waals surface area contributed by atoms with Gasteiger partial charge in [-0.1, -0.05) is 35.3 Å². The average Bonchev–Trinajstić information content (AvgIpc) is 3.72. The Labute approximate surface area is 278 Å². The molecule has 0 spiro atoms. The molecule has 0 bridgehead atoms. The van der Waals surface area contributed by atoms with E-state index < -0.39 is 28.1 Å². The smallest absolute Gasteiger partial charge is 0.325 e. The van der Waals surface area contributed by atoms with Crippen LogP contribution in [-0.4, -0.2) is 69.9 Å². The molecule has 2 atom stereocenters. The number of rotatable bonds is 12. The number of carbonyl (C=O) groups excluding carboxylic acids is 2. The second-order valence-corrected chi connectivity index (χ2v) is 14.3. The van der Waals surface area contributed by atoms with Gasteiger partial charge >= 0.3 is 5.97 Å². The summed E-state index contributed by atoms with van der Waals surface area (Å²) in [5.74, 6) is 0.330. The Morgan fingerprint density at radius 1 is 1.07 bits per heavy atom. The Balaban J connectivity index is 1.45. The van der Waals surface area contributed by atoms with Crippen LogP contribution in [0.15, 0.2) is 59.8 Å². The van der Waals surface area contributed by atoms with Gasteiger partial charge in [-0.2, -0.15) is 9.04 Å². The van der Waals surface area contributed by atoms with Gasteiger partial charge in [0, 0.05) is 38.2 Å². The van der Waals surface area contributed by atoms with Crippen molar-refractivity contribution in [3.63, 3.8) is 0 Å². The lowest BCUT2D eigenvalue weighted by Gasteiger charge is -2.26. The molecule has 0 radical (unpaired) electrons. The first-order chi connectivity index (χ1) is 21.9. The molecule has 1 saturated carbocycles. The zero-order chi connectivity index (χ0) is 33.2. The predicted molar refractivity (Wildman–Crippen MR) is 171 cm³/mol. The molecule has 1 aromatic heterocycles.